The quantitative estimate of drug-likeness (QED) is 0.381. The Bertz CT molecular complexity index is 1240. The van der Waals surface area contributed by atoms with E-state index in [9.17, 15) is 14.4 Å². The number of hydrogen-bond acceptors (Lipinski definition) is 5. The highest BCUT2D eigenvalue weighted by Crippen LogP contribution is 2.42. The minimum Gasteiger partial charge on any atom is -0.497 e. The van der Waals surface area contributed by atoms with Crippen LogP contribution < -0.4 is 15.4 Å². The number of nitrogens with one attached hydrogen (secondary N) is 2. The summed E-state index contributed by atoms with van der Waals surface area (Å²) in [5.41, 5.74) is 0.882. The van der Waals surface area contributed by atoms with E-state index < -0.39 is 29.7 Å². The topological polar surface area (TPSA) is 97.0 Å². The number of amides is 3. The minimum absolute atomic E-state index is 0.178. The molecule has 1 aliphatic carbocycles. The van der Waals surface area contributed by atoms with E-state index in [4.69, 9.17) is 15.9 Å². The molecular weight excluding hydrogens is 506 g/mol. The number of carbonyl (C=O) groups excluding carboxylic acids is 3. The highest BCUT2D eigenvalue weighted by molar-refractivity contribution is 5.99. The van der Waals surface area contributed by atoms with Crippen LogP contribution in [-0.2, 0) is 14.3 Å². The molecule has 0 aromatic heterocycles. The van der Waals surface area contributed by atoms with Crippen molar-refractivity contribution in [1.82, 2.24) is 10.2 Å². The molecular formula is C32H41N3O5. The lowest BCUT2D eigenvalue weighted by Crippen LogP contribution is -2.55. The molecule has 8 nitrogen and oxygen atoms in total. The van der Waals surface area contributed by atoms with Gasteiger partial charge < -0.3 is 25.0 Å². The zero-order valence-electron chi connectivity index (χ0n) is 24.5. The number of anilines is 1. The van der Waals surface area contributed by atoms with E-state index >= 15 is 0 Å². The second kappa shape index (κ2) is 12.9. The monoisotopic (exact) mass is 547 g/mol. The van der Waals surface area contributed by atoms with Crippen molar-refractivity contribution in [2.75, 3.05) is 12.4 Å². The summed E-state index contributed by atoms with van der Waals surface area (Å²) < 4.78 is 10.7. The van der Waals surface area contributed by atoms with Gasteiger partial charge in [0.05, 0.1) is 7.11 Å². The zero-order chi connectivity index (χ0) is 29.6. The molecule has 0 aliphatic heterocycles. The van der Waals surface area contributed by atoms with Crippen LogP contribution in [0.4, 0.5) is 10.5 Å². The van der Waals surface area contributed by atoms with Crippen molar-refractivity contribution in [2.45, 2.75) is 78.1 Å². The van der Waals surface area contributed by atoms with Crippen LogP contribution in [0.15, 0.2) is 48.5 Å². The van der Waals surface area contributed by atoms with Gasteiger partial charge in [0.1, 0.15) is 23.4 Å². The third kappa shape index (κ3) is 7.56. The molecule has 1 fully saturated rings. The number of ether oxygens (including phenoxy) is 2. The van der Waals surface area contributed by atoms with Crippen LogP contribution in [0.25, 0.3) is 0 Å². The normalized spacial score (nSPS) is 18.4. The smallest absolute Gasteiger partial charge is 0.408 e. The summed E-state index contributed by atoms with van der Waals surface area (Å²) in [5, 5.41) is 5.76. The fourth-order valence-electron chi connectivity index (χ4n) is 4.62. The molecule has 0 saturated heterocycles. The first-order valence-electron chi connectivity index (χ1n) is 13.7. The maximum atomic E-state index is 14.4. The van der Waals surface area contributed by atoms with E-state index in [0.717, 1.165) is 6.42 Å². The average Bonchev–Trinajstić information content (AvgIpc) is 3.64. The second-order valence-corrected chi connectivity index (χ2v) is 11.4. The standard InChI is InChI=1S/C32H41N3O5/c1-9-20(3)27(34-31(38)40-32(5,6)7)30(37)35(26-19-21(26)4)28(25-14-12-11-13-22(25)10-2)29(36)33-23-15-17-24(39-8)18-16-23/h2,11-18,20-21,26-28H,9,19H2,1,3-8H3,(H,33,36)(H,34,38). The Labute approximate surface area is 237 Å². The van der Waals surface area contributed by atoms with Crippen molar-refractivity contribution in [1.29, 1.82) is 0 Å². The fourth-order valence-corrected chi connectivity index (χ4v) is 4.62. The molecule has 3 rings (SSSR count). The molecule has 40 heavy (non-hydrogen) atoms. The average molecular weight is 548 g/mol. The Balaban J connectivity index is 2.07. The number of carbonyl (C=O) groups is 3. The third-order valence-corrected chi connectivity index (χ3v) is 7.13. The molecule has 2 aromatic rings. The van der Waals surface area contributed by atoms with Gasteiger partial charge >= 0.3 is 6.09 Å². The molecule has 8 heteroatoms. The van der Waals surface area contributed by atoms with Gasteiger partial charge in [-0.15, -0.1) is 6.42 Å². The van der Waals surface area contributed by atoms with Gasteiger partial charge in [0.25, 0.3) is 5.91 Å². The molecule has 1 saturated carbocycles. The molecule has 0 radical (unpaired) electrons. The Morgan fingerprint density at radius 1 is 1.12 bits per heavy atom. The lowest BCUT2D eigenvalue weighted by Gasteiger charge is -2.37. The summed E-state index contributed by atoms with van der Waals surface area (Å²) in [7, 11) is 1.57. The van der Waals surface area contributed by atoms with Gasteiger partial charge in [-0.05, 0) is 74.9 Å². The van der Waals surface area contributed by atoms with Crippen molar-refractivity contribution in [2.24, 2.45) is 11.8 Å². The van der Waals surface area contributed by atoms with Crippen molar-refractivity contribution in [3.05, 3.63) is 59.7 Å². The molecule has 0 heterocycles. The van der Waals surface area contributed by atoms with E-state index in [1.54, 1.807) is 81.3 Å². The predicted octanol–water partition coefficient (Wildman–Crippen LogP) is 5.53. The molecule has 1 aliphatic rings. The predicted molar refractivity (Wildman–Crippen MR) is 156 cm³/mol. The van der Waals surface area contributed by atoms with Crippen LogP contribution in [0.2, 0.25) is 0 Å². The molecule has 5 unspecified atom stereocenters. The van der Waals surface area contributed by atoms with Gasteiger partial charge in [-0.2, -0.15) is 0 Å². The Hall–Kier alpha value is -3.99. The fraction of sp³-hybridized carbons (Fsp3) is 0.469. The van der Waals surface area contributed by atoms with Crippen LogP contribution in [0.5, 0.6) is 5.75 Å². The minimum atomic E-state index is -1.02. The lowest BCUT2D eigenvalue weighted by atomic mass is 9.94. The number of rotatable bonds is 10. The van der Waals surface area contributed by atoms with E-state index in [1.165, 1.54) is 0 Å². The van der Waals surface area contributed by atoms with E-state index in [1.807, 2.05) is 20.8 Å². The molecule has 0 bridgehead atoms. The van der Waals surface area contributed by atoms with Crippen molar-refractivity contribution in [3.8, 4) is 18.1 Å². The maximum absolute atomic E-state index is 14.4. The van der Waals surface area contributed by atoms with Crippen LogP contribution >= 0.6 is 0 Å². The van der Waals surface area contributed by atoms with Gasteiger partial charge in [-0.25, -0.2) is 4.79 Å². The molecule has 5 atom stereocenters. The van der Waals surface area contributed by atoms with Crippen molar-refractivity contribution >= 4 is 23.6 Å². The Morgan fingerprint density at radius 3 is 2.27 bits per heavy atom. The first-order valence-corrected chi connectivity index (χ1v) is 13.7. The van der Waals surface area contributed by atoms with Gasteiger partial charge in [-0.1, -0.05) is 51.3 Å². The van der Waals surface area contributed by atoms with E-state index in [0.29, 0.717) is 29.0 Å². The molecule has 3 amide bonds. The third-order valence-electron chi connectivity index (χ3n) is 7.13. The number of benzene rings is 2. The van der Waals surface area contributed by atoms with Crippen LogP contribution in [0.3, 0.4) is 0 Å². The Kier molecular flexibility index (Phi) is 9.86. The summed E-state index contributed by atoms with van der Waals surface area (Å²) >= 11 is 0. The summed E-state index contributed by atoms with van der Waals surface area (Å²) in [4.78, 5) is 42.9. The number of methoxy groups -OCH3 is 1. The molecule has 214 valence electrons. The van der Waals surface area contributed by atoms with Gasteiger partial charge in [0, 0.05) is 17.3 Å². The number of hydrogen-bond donors (Lipinski definition) is 2. The number of alkyl carbamates (subject to hydrolysis) is 1. The van der Waals surface area contributed by atoms with Crippen molar-refractivity contribution in [3.63, 3.8) is 0 Å². The van der Waals surface area contributed by atoms with Crippen LogP contribution in [0.1, 0.15) is 71.6 Å². The highest BCUT2D eigenvalue weighted by Gasteiger charge is 2.49. The van der Waals surface area contributed by atoms with Crippen LogP contribution in [0, 0.1) is 24.2 Å². The first-order chi connectivity index (χ1) is 18.9. The molecule has 2 aromatic carbocycles. The Morgan fingerprint density at radius 2 is 1.75 bits per heavy atom. The SMILES string of the molecule is C#Cc1ccccc1C(C(=O)Nc1ccc(OC)cc1)N(C(=O)C(NC(=O)OC(C)(C)C)C(C)CC)C1CC1C. The van der Waals surface area contributed by atoms with E-state index in [2.05, 4.69) is 16.6 Å². The highest BCUT2D eigenvalue weighted by atomic mass is 16.6. The number of terminal acetylenes is 1. The largest absolute Gasteiger partial charge is 0.497 e. The van der Waals surface area contributed by atoms with Gasteiger partial charge in [0.2, 0.25) is 5.91 Å². The van der Waals surface area contributed by atoms with Gasteiger partial charge in [0.15, 0.2) is 0 Å². The first kappa shape index (κ1) is 30.6. The molecule has 0 spiro atoms. The summed E-state index contributed by atoms with van der Waals surface area (Å²) in [6.07, 6.45) is 6.53. The lowest BCUT2D eigenvalue weighted by molar-refractivity contribution is -0.142. The second-order valence-electron chi connectivity index (χ2n) is 11.4. The summed E-state index contributed by atoms with van der Waals surface area (Å²) in [5.74, 6) is 2.53. The van der Waals surface area contributed by atoms with Gasteiger partial charge in [-0.3, -0.25) is 9.59 Å². The van der Waals surface area contributed by atoms with Crippen molar-refractivity contribution < 1.29 is 23.9 Å². The van der Waals surface area contributed by atoms with E-state index in [-0.39, 0.29) is 23.8 Å². The zero-order valence-corrected chi connectivity index (χ0v) is 24.5. The molecule has 2 N–H and O–H groups in total. The summed E-state index contributed by atoms with van der Waals surface area (Å²) in [6, 6.07) is 12.0. The van der Waals surface area contributed by atoms with Crippen LogP contribution in [-0.4, -0.2) is 47.6 Å². The summed E-state index contributed by atoms with van der Waals surface area (Å²) in [6.45, 7) is 11.2. The maximum Gasteiger partial charge on any atom is 0.408 e. The number of nitrogens with zero attached hydrogens (tertiary/aromatic N) is 1.